The number of likely N-dealkylation sites (tertiary alicyclic amines) is 1. The first-order chi connectivity index (χ1) is 13.1. The van der Waals surface area contributed by atoms with Gasteiger partial charge in [-0.1, -0.05) is 30.3 Å². The van der Waals surface area contributed by atoms with Gasteiger partial charge in [-0.3, -0.25) is 0 Å². The molecule has 0 spiro atoms. The Labute approximate surface area is 157 Å². The zero-order valence-corrected chi connectivity index (χ0v) is 15.3. The van der Waals surface area contributed by atoms with Gasteiger partial charge in [0.1, 0.15) is 12.4 Å². The summed E-state index contributed by atoms with van der Waals surface area (Å²) in [6.45, 7) is 3.54. The molecule has 7 nitrogen and oxygen atoms in total. The summed E-state index contributed by atoms with van der Waals surface area (Å²) < 4.78 is 7.13. The predicted octanol–water partition coefficient (Wildman–Crippen LogP) is 3.14. The van der Waals surface area contributed by atoms with Crippen molar-refractivity contribution in [3.8, 4) is 0 Å². The van der Waals surface area contributed by atoms with E-state index < -0.39 is 0 Å². The number of piperidine rings is 1. The van der Waals surface area contributed by atoms with Crippen LogP contribution in [0.15, 0.2) is 42.6 Å². The van der Waals surface area contributed by atoms with Crippen LogP contribution in [0.1, 0.15) is 35.6 Å². The van der Waals surface area contributed by atoms with Crippen molar-refractivity contribution >= 4 is 17.6 Å². The monoisotopic (exact) mass is 365 g/mol. The van der Waals surface area contributed by atoms with Crippen LogP contribution < -0.4 is 5.73 Å². The molecule has 1 aromatic carbocycles. The number of carbonyl (C=O) groups is 1. The minimum atomic E-state index is -0.280. The summed E-state index contributed by atoms with van der Waals surface area (Å²) in [6, 6.07) is 11.6. The number of aromatic nitrogens is 3. The highest BCUT2D eigenvalue weighted by molar-refractivity contribution is 5.68. The quantitative estimate of drug-likeness (QED) is 0.771. The Morgan fingerprint density at radius 3 is 2.96 bits per heavy atom. The summed E-state index contributed by atoms with van der Waals surface area (Å²) in [4.78, 5) is 19.0. The van der Waals surface area contributed by atoms with Crippen LogP contribution in [0.2, 0.25) is 0 Å². The average molecular weight is 365 g/mol. The first-order valence-electron chi connectivity index (χ1n) is 9.18. The molecule has 1 saturated heterocycles. The van der Waals surface area contributed by atoms with Crippen molar-refractivity contribution in [3.63, 3.8) is 0 Å². The Balaban J connectivity index is 1.46. The highest BCUT2D eigenvalue weighted by Crippen LogP contribution is 2.28. The summed E-state index contributed by atoms with van der Waals surface area (Å²) in [5.41, 5.74) is 9.78. The highest BCUT2D eigenvalue weighted by atomic mass is 16.6. The zero-order chi connectivity index (χ0) is 18.8. The van der Waals surface area contributed by atoms with Gasteiger partial charge >= 0.3 is 6.09 Å². The van der Waals surface area contributed by atoms with Crippen molar-refractivity contribution in [2.45, 2.75) is 32.3 Å². The number of carbonyl (C=O) groups excluding carboxylic acids is 1. The van der Waals surface area contributed by atoms with Gasteiger partial charge in [0.25, 0.3) is 0 Å². The van der Waals surface area contributed by atoms with E-state index in [1.165, 1.54) is 0 Å². The highest BCUT2D eigenvalue weighted by Gasteiger charge is 2.27. The van der Waals surface area contributed by atoms with Crippen LogP contribution in [0.4, 0.5) is 10.6 Å². The Bertz CT molecular complexity index is 954. The molecule has 7 heteroatoms. The number of anilines is 1. The lowest BCUT2D eigenvalue weighted by molar-refractivity contribution is 0.0856. The van der Waals surface area contributed by atoms with Crippen LogP contribution in [-0.4, -0.2) is 38.7 Å². The second-order valence-corrected chi connectivity index (χ2v) is 6.99. The van der Waals surface area contributed by atoms with E-state index in [4.69, 9.17) is 15.5 Å². The molecule has 1 aliphatic heterocycles. The number of rotatable bonds is 3. The van der Waals surface area contributed by atoms with Crippen LogP contribution in [-0.2, 0) is 11.3 Å². The predicted molar refractivity (Wildman–Crippen MR) is 102 cm³/mol. The molecule has 1 atom stereocenters. The molecular formula is C20H23N5O2. The second-order valence-electron chi connectivity index (χ2n) is 6.99. The van der Waals surface area contributed by atoms with Crippen molar-refractivity contribution in [3.05, 3.63) is 59.4 Å². The van der Waals surface area contributed by atoms with E-state index in [1.54, 1.807) is 15.6 Å². The van der Waals surface area contributed by atoms with Gasteiger partial charge in [0, 0.05) is 30.6 Å². The van der Waals surface area contributed by atoms with Gasteiger partial charge in [-0.2, -0.15) is 9.61 Å². The molecule has 3 aromatic rings. The average Bonchev–Trinajstić information content (AvgIpc) is 3.08. The Hall–Kier alpha value is -3.09. The molecule has 140 valence electrons. The number of nitrogens with two attached hydrogens (primary N) is 1. The molecule has 0 aliphatic carbocycles. The fraction of sp³-hybridized carbons (Fsp3) is 0.350. The molecule has 1 amide bonds. The summed E-state index contributed by atoms with van der Waals surface area (Å²) >= 11 is 0. The molecule has 4 rings (SSSR count). The van der Waals surface area contributed by atoms with Crippen molar-refractivity contribution < 1.29 is 9.53 Å². The maximum absolute atomic E-state index is 12.5. The molecule has 0 saturated carbocycles. The Morgan fingerprint density at radius 2 is 2.15 bits per heavy atom. The molecule has 2 aromatic heterocycles. The Morgan fingerprint density at radius 1 is 1.33 bits per heavy atom. The van der Waals surface area contributed by atoms with E-state index in [1.807, 2.05) is 43.3 Å². The van der Waals surface area contributed by atoms with E-state index in [0.29, 0.717) is 18.9 Å². The fourth-order valence-electron chi connectivity index (χ4n) is 3.52. The maximum Gasteiger partial charge on any atom is 0.410 e. The van der Waals surface area contributed by atoms with Crippen LogP contribution in [0.5, 0.6) is 0 Å². The molecule has 0 radical (unpaired) electrons. The molecule has 1 fully saturated rings. The van der Waals surface area contributed by atoms with Crippen LogP contribution in [0, 0.1) is 6.92 Å². The number of fused-ring (bicyclic) bond motifs is 1. The van der Waals surface area contributed by atoms with Gasteiger partial charge < -0.3 is 15.4 Å². The van der Waals surface area contributed by atoms with Crippen molar-refractivity contribution in [1.29, 1.82) is 0 Å². The summed E-state index contributed by atoms with van der Waals surface area (Å²) in [7, 11) is 0. The number of ether oxygens (including phenoxy) is 1. The minimum absolute atomic E-state index is 0.143. The SMILES string of the molecule is Cc1cnn2c(N)cc(C3CCCN(C(=O)OCc4ccccc4)C3)nc12. The first-order valence-corrected chi connectivity index (χ1v) is 9.18. The Kier molecular flexibility index (Phi) is 4.66. The van der Waals surface area contributed by atoms with E-state index >= 15 is 0 Å². The number of aryl methyl sites for hydroxylation is 1. The van der Waals surface area contributed by atoms with Gasteiger partial charge in [-0.05, 0) is 25.3 Å². The van der Waals surface area contributed by atoms with Gasteiger partial charge in [0.2, 0.25) is 0 Å². The smallest absolute Gasteiger partial charge is 0.410 e. The van der Waals surface area contributed by atoms with E-state index in [0.717, 1.165) is 35.3 Å². The van der Waals surface area contributed by atoms with Crippen molar-refractivity contribution in [2.75, 3.05) is 18.8 Å². The lowest BCUT2D eigenvalue weighted by Crippen LogP contribution is -2.39. The second kappa shape index (κ2) is 7.26. The molecule has 0 bridgehead atoms. The van der Waals surface area contributed by atoms with Gasteiger partial charge in [-0.15, -0.1) is 0 Å². The van der Waals surface area contributed by atoms with Crippen molar-refractivity contribution in [1.82, 2.24) is 19.5 Å². The van der Waals surface area contributed by atoms with Crippen molar-refractivity contribution in [2.24, 2.45) is 0 Å². The summed E-state index contributed by atoms with van der Waals surface area (Å²) in [5.74, 6) is 0.705. The van der Waals surface area contributed by atoms with Gasteiger partial charge in [-0.25, -0.2) is 9.78 Å². The van der Waals surface area contributed by atoms with E-state index in [9.17, 15) is 4.79 Å². The molecule has 3 heterocycles. The number of hydrogen-bond donors (Lipinski definition) is 1. The normalized spacial score (nSPS) is 17.2. The lowest BCUT2D eigenvalue weighted by atomic mass is 9.94. The maximum atomic E-state index is 12.5. The van der Waals surface area contributed by atoms with Crippen LogP contribution in [0.25, 0.3) is 5.65 Å². The summed E-state index contributed by atoms with van der Waals surface area (Å²) in [6.07, 6.45) is 3.36. The molecular weight excluding hydrogens is 342 g/mol. The van der Waals surface area contributed by atoms with E-state index in [-0.39, 0.29) is 18.6 Å². The van der Waals surface area contributed by atoms with E-state index in [2.05, 4.69) is 5.10 Å². The first kappa shape index (κ1) is 17.3. The van der Waals surface area contributed by atoms with Crippen LogP contribution >= 0.6 is 0 Å². The fourth-order valence-corrected chi connectivity index (χ4v) is 3.52. The number of benzene rings is 1. The standard InChI is InChI=1S/C20H23N5O2/c1-14-11-22-25-18(21)10-17(23-19(14)25)16-8-5-9-24(12-16)20(26)27-13-15-6-3-2-4-7-15/h2-4,6-7,10-11,16H,5,8-9,12-13,21H2,1H3. The molecule has 1 aliphatic rings. The topological polar surface area (TPSA) is 85.8 Å². The molecule has 27 heavy (non-hydrogen) atoms. The minimum Gasteiger partial charge on any atom is -0.445 e. The number of hydrogen-bond acceptors (Lipinski definition) is 5. The van der Waals surface area contributed by atoms with Crippen LogP contribution in [0.3, 0.4) is 0 Å². The lowest BCUT2D eigenvalue weighted by Gasteiger charge is -2.31. The van der Waals surface area contributed by atoms with Gasteiger partial charge in [0.15, 0.2) is 5.65 Å². The molecule has 2 N–H and O–H groups in total. The zero-order valence-electron chi connectivity index (χ0n) is 15.3. The third-order valence-corrected chi connectivity index (χ3v) is 5.00. The summed E-state index contributed by atoms with van der Waals surface area (Å²) in [5, 5.41) is 4.24. The third-order valence-electron chi connectivity index (χ3n) is 5.00. The number of amides is 1. The number of nitrogen functional groups attached to an aromatic ring is 1. The van der Waals surface area contributed by atoms with Gasteiger partial charge in [0.05, 0.1) is 11.9 Å². The molecule has 1 unspecified atom stereocenters. The largest absolute Gasteiger partial charge is 0.445 e. The number of nitrogens with zero attached hydrogens (tertiary/aromatic N) is 4. The third kappa shape index (κ3) is 3.58.